The molecule has 0 radical (unpaired) electrons. The minimum absolute atomic E-state index is 0.0395. The van der Waals surface area contributed by atoms with Gasteiger partial charge < -0.3 is 19.7 Å². The molecule has 1 aliphatic rings. The van der Waals surface area contributed by atoms with Crippen molar-refractivity contribution in [3.05, 3.63) is 65.7 Å². The summed E-state index contributed by atoms with van der Waals surface area (Å²) in [5.41, 5.74) is 1.66. The quantitative estimate of drug-likeness (QED) is 0.460. The van der Waals surface area contributed by atoms with E-state index < -0.39 is 43.4 Å². The van der Waals surface area contributed by atoms with Crippen LogP contribution in [0.1, 0.15) is 24.5 Å². The molecule has 0 aliphatic carbocycles. The Balaban J connectivity index is 1.65. The van der Waals surface area contributed by atoms with Crippen molar-refractivity contribution in [3.8, 4) is 5.75 Å². The van der Waals surface area contributed by atoms with Crippen LogP contribution in [-0.2, 0) is 27.5 Å². The van der Waals surface area contributed by atoms with Crippen molar-refractivity contribution >= 4 is 17.8 Å². The summed E-state index contributed by atoms with van der Waals surface area (Å²) in [7, 11) is 0. The molecule has 31 heavy (non-hydrogen) atoms. The van der Waals surface area contributed by atoms with Crippen LogP contribution >= 0.6 is 0 Å². The molecule has 164 valence electrons. The molecule has 0 spiro atoms. The molecular formula is C22H24N2O7. The Morgan fingerprint density at radius 3 is 2.32 bits per heavy atom. The highest BCUT2D eigenvalue weighted by atomic mass is 16.6. The van der Waals surface area contributed by atoms with E-state index in [0.29, 0.717) is 17.9 Å². The fourth-order valence-electron chi connectivity index (χ4n) is 2.90. The Morgan fingerprint density at radius 2 is 1.61 bits per heavy atom. The molecule has 1 aliphatic heterocycles. The predicted molar refractivity (Wildman–Crippen MR) is 108 cm³/mol. The van der Waals surface area contributed by atoms with Crippen LogP contribution in [0.3, 0.4) is 0 Å². The van der Waals surface area contributed by atoms with Crippen molar-refractivity contribution in [2.75, 3.05) is 6.73 Å². The number of hydrogen-bond acceptors (Lipinski definition) is 7. The highest BCUT2D eigenvalue weighted by Crippen LogP contribution is 2.20. The predicted octanol–water partition coefficient (Wildman–Crippen LogP) is 1.62. The molecule has 1 fully saturated rings. The van der Waals surface area contributed by atoms with Crippen LogP contribution in [0.25, 0.3) is 0 Å². The van der Waals surface area contributed by atoms with Crippen molar-refractivity contribution in [1.29, 1.82) is 0 Å². The van der Waals surface area contributed by atoms with Gasteiger partial charge in [-0.05, 0) is 30.2 Å². The summed E-state index contributed by atoms with van der Waals surface area (Å²) in [6.45, 7) is 1.23. The van der Waals surface area contributed by atoms with Crippen molar-refractivity contribution < 1.29 is 34.1 Å². The van der Waals surface area contributed by atoms with Crippen molar-refractivity contribution in [3.63, 3.8) is 0 Å². The molecule has 3 rings (SSSR count). The molecule has 2 aromatic carbocycles. The van der Waals surface area contributed by atoms with E-state index in [1.165, 1.54) is 6.92 Å². The molecule has 1 heterocycles. The van der Waals surface area contributed by atoms with Crippen LogP contribution in [0, 0.1) is 0 Å². The van der Waals surface area contributed by atoms with Crippen LogP contribution in [0.15, 0.2) is 54.6 Å². The Hall–Kier alpha value is -3.27. The van der Waals surface area contributed by atoms with Gasteiger partial charge in [-0.2, -0.15) is 0 Å². The average molecular weight is 428 g/mol. The average Bonchev–Trinajstić information content (AvgIpc) is 2.75. The number of carbonyl (C=O) groups excluding carboxylic acids is 3. The molecule has 0 saturated carbocycles. The van der Waals surface area contributed by atoms with Crippen LogP contribution in [0.5, 0.6) is 5.75 Å². The molecule has 1 atom stereocenters. The van der Waals surface area contributed by atoms with E-state index in [9.17, 15) is 14.4 Å². The number of aliphatic hydroxyl groups is 2. The second kappa shape index (κ2) is 10.2. The maximum Gasteiger partial charge on any atom is 0.335 e. The number of benzene rings is 2. The van der Waals surface area contributed by atoms with Gasteiger partial charge in [-0.15, -0.1) is 0 Å². The first-order chi connectivity index (χ1) is 14.8. The number of carbonyl (C=O) groups is 3. The number of imide groups is 2. The van der Waals surface area contributed by atoms with Gasteiger partial charge in [0.2, 0.25) is 11.8 Å². The summed E-state index contributed by atoms with van der Waals surface area (Å²) < 4.78 is 10.9. The zero-order chi connectivity index (χ0) is 22.4. The zero-order valence-electron chi connectivity index (χ0n) is 17.0. The molecule has 0 bridgehead atoms. The third-order valence-corrected chi connectivity index (χ3v) is 4.74. The SMILES string of the molecule is CC(OCN1C(=O)CC(=O)N(Cc2cccc(OCc3ccccc3)c2)C1=O)C(O)O. The molecule has 9 heteroatoms. The Kier molecular flexibility index (Phi) is 7.35. The van der Waals surface area contributed by atoms with Gasteiger partial charge in [-0.25, -0.2) is 9.69 Å². The van der Waals surface area contributed by atoms with Gasteiger partial charge in [-0.3, -0.25) is 14.5 Å². The number of hydrogen-bond donors (Lipinski definition) is 2. The summed E-state index contributed by atoms with van der Waals surface area (Å²) in [5.74, 6) is -0.733. The van der Waals surface area contributed by atoms with E-state index >= 15 is 0 Å². The monoisotopic (exact) mass is 428 g/mol. The van der Waals surface area contributed by atoms with Gasteiger partial charge in [0.25, 0.3) is 0 Å². The smallest absolute Gasteiger partial charge is 0.335 e. The number of rotatable bonds is 9. The van der Waals surface area contributed by atoms with E-state index in [-0.39, 0.29) is 6.54 Å². The van der Waals surface area contributed by atoms with Gasteiger partial charge in [-0.1, -0.05) is 42.5 Å². The number of urea groups is 1. The van der Waals surface area contributed by atoms with Gasteiger partial charge in [0.15, 0.2) is 6.29 Å². The third kappa shape index (κ3) is 5.88. The fraction of sp³-hybridized carbons (Fsp3) is 0.318. The molecule has 1 unspecified atom stereocenters. The second-order valence-electron chi connectivity index (χ2n) is 7.10. The molecular weight excluding hydrogens is 404 g/mol. The second-order valence-corrected chi connectivity index (χ2v) is 7.10. The van der Waals surface area contributed by atoms with Gasteiger partial charge >= 0.3 is 6.03 Å². The number of barbiturate groups is 1. The first kappa shape index (κ1) is 22.4. The van der Waals surface area contributed by atoms with Crippen molar-refractivity contribution in [2.24, 2.45) is 0 Å². The standard InChI is InChI=1S/C22H24N2O7/c1-15(21(27)28)31-14-24-20(26)11-19(25)23(22(24)29)12-17-8-5-9-18(10-17)30-13-16-6-3-2-4-7-16/h2-10,15,21,27-28H,11-14H2,1H3. The zero-order valence-corrected chi connectivity index (χ0v) is 17.0. The van der Waals surface area contributed by atoms with Crippen LogP contribution in [-0.4, -0.2) is 57.0 Å². The lowest BCUT2D eigenvalue weighted by Gasteiger charge is -2.33. The first-order valence-electron chi connectivity index (χ1n) is 9.73. The summed E-state index contributed by atoms with van der Waals surface area (Å²) in [5, 5.41) is 18.2. The highest BCUT2D eigenvalue weighted by molar-refractivity contribution is 6.13. The lowest BCUT2D eigenvalue weighted by molar-refractivity contribution is -0.164. The maximum atomic E-state index is 12.7. The summed E-state index contributed by atoms with van der Waals surface area (Å²) in [6.07, 6.45) is -3.24. The van der Waals surface area contributed by atoms with E-state index in [2.05, 4.69) is 0 Å². The molecule has 4 amide bonds. The number of amides is 4. The maximum absolute atomic E-state index is 12.7. The Morgan fingerprint density at radius 1 is 0.935 bits per heavy atom. The minimum atomic E-state index is -1.76. The summed E-state index contributed by atoms with van der Waals surface area (Å²) in [4.78, 5) is 38.9. The normalized spacial score (nSPS) is 15.5. The van der Waals surface area contributed by atoms with Crippen LogP contribution < -0.4 is 4.74 Å². The van der Waals surface area contributed by atoms with Crippen LogP contribution in [0.4, 0.5) is 4.79 Å². The Labute approximate surface area is 179 Å². The van der Waals surface area contributed by atoms with E-state index in [1.54, 1.807) is 24.3 Å². The highest BCUT2D eigenvalue weighted by Gasteiger charge is 2.38. The lowest BCUT2D eigenvalue weighted by Crippen LogP contribution is -2.55. The number of nitrogens with zero attached hydrogens (tertiary/aromatic N) is 2. The lowest BCUT2D eigenvalue weighted by atomic mass is 10.1. The Bertz CT molecular complexity index is 932. The van der Waals surface area contributed by atoms with Gasteiger partial charge in [0.05, 0.1) is 6.54 Å². The first-order valence-corrected chi connectivity index (χ1v) is 9.73. The molecule has 1 saturated heterocycles. The van der Waals surface area contributed by atoms with Gasteiger partial charge in [0, 0.05) is 0 Å². The van der Waals surface area contributed by atoms with E-state index in [4.69, 9.17) is 19.7 Å². The summed E-state index contributed by atoms with van der Waals surface area (Å²) >= 11 is 0. The van der Waals surface area contributed by atoms with E-state index in [1.807, 2.05) is 30.3 Å². The largest absolute Gasteiger partial charge is 0.489 e. The molecule has 0 aromatic heterocycles. The van der Waals surface area contributed by atoms with Gasteiger partial charge in [0.1, 0.15) is 31.6 Å². The number of ether oxygens (including phenoxy) is 2. The topological polar surface area (TPSA) is 117 Å². The summed E-state index contributed by atoms with van der Waals surface area (Å²) in [6, 6.07) is 15.8. The van der Waals surface area contributed by atoms with Crippen LogP contribution in [0.2, 0.25) is 0 Å². The van der Waals surface area contributed by atoms with Crippen molar-refractivity contribution in [2.45, 2.75) is 38.9 Å². The number of aliphatic hydroxyl groups excluding tert-OH is 1. The third-order valence-electron chi connectivity index (χ3n) is 4.74. The molecule has 9 nitrogen and oxygen atoms in total. The van der Waals surface area contributed by atoms with Crippen molar-refractivity contribution in [1.82, 2.24) is 9.80 Å². The fourth-order valence-corrected chi connectivity index (χ4v) is 2.90. The molecule has 2 N–H and O–H groups in total. The van der Waals surface area contributed by atoms with E-state index in [0.717, 1.165) is 15.4 Å². The minimum Gasteiger partial charge on any atom is -0.489 e. The molecule has 2 aromatic rings.